The number of piperidine rings is 1. The molecule has 0 aliphatic carbocycles. The Balaban J connectivity index is 0.00000261. The lowest BCUT2D eigenvalue weighted by molar-refractivity contribution is 0.0681. The van der Waals surface area contributed by atoms with Gasteiger partial charge >= 0.3 is 0 Å². The topological polar surface area (TPSA) is 75.4 Å². The van der Waals surface area contributed by atoms with Crippen LogP contribution in [-0.2, 0) is 0 Å². The third-order valence-corrected chi connectivity index (χ3v) is 5.00. The molecule has 0 radical (unpaired) electrons. The molecule has 6 heteroatoms. The first kappa shape index (κ1) is 20.9. The van der Waals surface area contributed by atoms with E-state index in [1.54, 1.807) is 36.4 Å². The first-order chi connectivity index (χ1) is 12.5. The number of hydrogen-bond donors (Lipinski definition) is 2. The SMILES string of the molecule is CC(N)C1CCN(C(=O)c2ccc(NC(=O)c3ccccc3)cc2)CC1.Cl. The Bertz CT molecular complexity index is 755. The van der Waals surface area contributed by atoms with Crippen LogP contribution in [0.1, 0.15) is 40.5 Å². The second-order valence-corrected chi connectivity index (χ2v) is 6.89. The van der Waals surface area contributed by atoms with Crippen LogP contribution in [0.5, 0.6) is 0 Å². The lowest BCUT2D eigenvalue weighted by atomic mass is 9.90. The van der Waals surface area contributed by atoms with E-state index in [1.807, 2.05) is 30.0 Å². The minimum Gasteiger partial charge on any atom is -0.339 e. The molecule has 1 aliphatic heterocycles. The minimum atomic E-state index is -0.164. The Morgan fingerprint density at radius 3 is 2.15 bits per heavy atom. The zero-order valence-corrected chi connectivity index (χ0v) is 16.2. The maximum Gasteiger partial charge on any atom is 0.255 e. The molecule has 2 aromatic carbocycles. The van der Waals surface area contributed by atoms with Crippen molar-refractivity contribution in [3.63, 3.8) is 0 Å². The number of carbonyl (C=O) groups is 2. The van der Waals surface area contributed by atoms with Crippen LogP contribution in [0.25, 0.3) is 0 Å². The summed E-state index contributed by atoms with van der Waals surface area (Å²) in [5.74, 6) is 0.367. The second kappa shape index (κ2) is 9.53. The molecule has 27 heavy (non-hydrogen) atoms. The van der Waals surface area contributed by atoms with Crippen LogP contribution in [0.4, 0.5) is 5.69 Å². The van der Waals surface area contributed by atoms with Crippen molar-refractivity contribution in [1.29, 1.82) is 0 Å². The molecular formula is C21H26ClN3O2. The maximum absolute atomic E-state index is 12.6. The van der Waals surface area contributed by atoms with Gasteiger partial charge in [0.2, 0.25) is 0 Å². The maximum atomic E-state index is 12.6. The summed E-state index contributed by atoms with van der Waals surface area (Å²) in [7, 11) is 0. The van der Waals surface area contributed by atoms with Crippen molar-refractivity contribution >= 4 is 29.9 Å². The number of anilines is 1. The molecule has 2 aromatic rings. The number of halogens is 1. The molecule has 3 rings (SSSR count). The summed E-state index contributed by atoms with van der Waals surface area (Å²) < 4.78 is 0. The summed E-state index contributed by atoms with van der Waals surface area (Å²) in [5, 5.41) is 2.84. The number of hydrogen-bond acceptors (Lipinski definition) is 3. The van der Waals surface area contributed by atoms with Gasteiger partial charge in [-0.05, 0) is 62.1 Å². The van der Waals surface area contributed by atoms with Crippen molar-refractivity contribution in [3.05, 3.63) is 65.7 Å². The van der Waals surface area contributed by atoms with Crippen molar-refractivity contribution in [2.45, 2.75) is 25.8 Å². The summed E-state index contributed by atoms with van der Waals surface area (Å²) >= 11 is 0. The molecule has 3 N–H and O–H groups in total. The van der Waals surface area contributed by atoms with Crippen LogP contribution in [-0.4, -0.2) is 35.8 Å². The number of likely N-dealkylation sites (tertiary alicyclic amines) is 1. The average Bonchev–Trinajstić information content (AvgIpc) is 2.69. The molecule has 0 saturated carbocycles. The Morgan fingerprint density at radius 1 is 1.00 bits per heavy atom. The molecular weight excluding hydrogens is 362 g/mol. The van der Waals surface area contributed by atoms with Crippen molar-refractivity contribution in [2.24, 2.45) is 11.7 Å². The van der Waals surface area contributed by atoms with E-state index in [0.717, 1.165) is 25.9 Å². The number of amides is 2. The van der Waals surface area contributed by atoms with Crippen LogP contribution < -0.4 is 11.1 Å². The fraction of sp³-hybridized carbons (Fsp3) is 0.333. The molecule has 2 amide bonds. The molecule has 1 aliphatic rings. The number of rotatable bonds is 4. The number of nitrogens with zero attached hydrogens (tertiary/aromatic N) is 1. The summed E-state index contributed by atoms with van der Waals surface area (Å²) in [6, 6.07) is 16.3. The van der Waals surface area contributed by atoms with E-state index in [9.17, 15) is 9.59 Å². The van der Waals surface area contributed by atoms with Crippen LogP contribution in [0.15, 0.2) is 54.6 Å². The van der Waals surface area contributed by atoms with E-state index in [-0.39, 0.29) is 30.3 Å². The minimum absolute atomic E-state index is 0. The molecule has 1 saturated heterocycles. The van der Waals surface area contributed by atoms with E-state index in [2.05, 4.69) is 5.32 Å². The van der Waals surface area contributed by atoms with Gasteiger partial charge in [0.25, 0.3) is 11.8 Å². The van der Waals surface area contributed by atoms with E-state index >= 15 is 0 Å². The van der Waals surface area contributed by atoms with Crippen molar-refractivity contribution < 1.29 is 9.59 Å². The third-order valence-electron chi connectivity index (χ3n) is 5.00. The van der Waals surface area contributed by atoms with Crippen molar-refractivity contribution in [3.8, 4) is 0 Å². The zero-order chi connectivity index (χ0) is 18.5. The van der Waals surface area contributed by atoms with E-state index in [4.69, 9.17) is 5.73 Å². The number of nitrogens with one attached hydrogen (secondary N) is 1. The number of benzene rings is 2. The quantitative estimate of drug-likeness (QED) is 0.842. The molecule has 1 atom stereocenters. The summed E-state index contributed by atoms with van der Waals surface area (Å²) in [4.78, 5) is 26.7. The summed E-state index contributed by atoms with van der Waals surface area (Å²) in [5.41, 5.74) is 7.87. The van der Waals surface area contributed by atoms with Crippen LogP contribution in [0.3, 0.4) is 0 Å². The molecule has 5 nitrogen and oxygen atoms in total. The van der Waals surface area contributed by atoms with Gasteiger partial charge in [0.1, 0.15) is 0 Å². The average molecular weight is 388 g/mol. The number of carbonyl (C=O) groups excluding carboxylic acids is 2. The molecule has 0 aromatic heterocycles. The molecule has 144 valence electrons. The Hall–Kier alpha value is -2.37. The molecule has 0 bridgehead atoms. The summed E-state index contributed by atoms with van der Waals surface area (Å²) in [6.45, 7) is 3.53. The van der Waals surface area contributed by atoms with Gasteiger partial charge in [0.15, 0.2) is 0 Å². The summed E-state index contributed by atoms with van der Waals surface area (Å²) in [6.07, 6.45) is 1.91. The Morgan fingerprint density at radius 2 is 1.59 bits per heavy atom. The van der Waals surface area contributed by atoms with Gasteiger partial charge in [0, 0.05) is 35.9 Å². The zero-order valence-electron chi connectivity index (χ0n) is 15.4. The standard InChI is InChI=1S/C21H25N3O2.ClH/c1-15(22)16-11-13-24(14-12-16)21(26)18-7-9-19(10-8-18)23-20(25)17-5-3-2-4-6-17;/h2-10,15-16H,11-14,22H2,1H3,(H,23,25);1H. The van der Waals surface area contributed by atoms with Crippen molar-refractivity contribution in [2.75, 3.05) is 18.4 Å². The van der Waals surface area contributed by atoms with Gasteiger partial charge in [-0.3, -0.25) is 9.59 Å². The molecule has 1 fully saturated rings. The smallest absolute Gasteiger partial charge is 0.255 e. The van der Waals surface area contributed by atoms with Gasteiger partial charge in [-0.1, -0.05) is 18.2 Å². The van der Waals surface area contributed by atoms with Gasteiger partial charge < -0.3 is 16.0 Å². The van der Waals surface area contributed by atoms with Gasteiger partial charge in [-0.25, -0.2) is 0 Å². The Kier molecular flexibility index (Phi) is 7.39. The highest BCUT2D eigenvalue weighted by atomic mass is 35.5. The van der Waals surface area contributed by atoms with Crippen molar-refractivity contribution in [1.82, 2.24) is 4.90 Å². The highest BCUT2D eigenvalue weighted by Gasteiger charge is 2.25. The normalized spacial score (nSPS) is 15.6. The lowest BCUT2D eigenvalue weighted by Gasteiger charge is -2.33. The lowest BCUT2D eigenvalue weighted by Crippen LogP contribution is -2.42. The van der Waals surface area contributed by atoms with Crippen LogP contribution in [0.2, 0.25) is 0 Å². The predicted molar refractivity (Wildman–Crippen MR) is 110 cm³/mol. The first-order valence-corrected chi connectivity index (χ1v) is 9.06. The Labute approximate surface area is 166 Å². The number of nitrogens with two attached hydrogens (primary N) is 1. The third kappa shape index (κ3) is 5.31. The predicted octanol–water partition coefficient (Wildman–Crippen LogP) is 3.56. The molecule has 1 heterocycles. The van der Waals surface area contributed by atoms with Crippen LogP contribution >= 0.6 is 12.4 Å². The van der Waals surface area contributed by atoms with E-state index in [0.29, 0.717) is 22.7 Å². The van der Waals surface area contributed by atoms with Gasteiger partial charge in [-0.15, -0.1) is 12.4 Å². The fourth-order valence-electron chi connectivity index (χ4n) is 3.30. The van der Waals surface area contributed by atoms with Gasteiger partial charge in [0.05, 0.1) is 0 Å². The largest absolute Gasteiger partial charge is 0.339 e. The second-order valence-electron chi connectivity index (χ2n) is 6.89. The monoisotopic (exact) mass is 387 g/mol. The highest BCUT2D eigenvalue weighted by Crippen LogP contribution is 2.21. The first-order valence-electron chi connectivity index (χ1n) is 9.06. The van der Waals surface area contributed by atoms with E-state index < -0.39 is 0 Å². The van der Waals surface area contributed by atoms with E-state index in [1.165, 1.54) is 0 Å². The molecule has 0 spiro atoms. The molecule has 1 unspecified atom stereocenters. The highest BCUT2D eigenvalue weighted by molar-refractivity contribution is 6.04. The van der Waals surface area contributed by atoms with Gasteiger partial charge in [-0.2, -0.15) is 0 Å². The van der Waals surface area contributed by atoms with Crippen LogP contribution in [0, 0.1) is 5.92 Å². The fourth-order valence-corrected chi connectivity index (χ4v) is 3.30.